The Labute approximate surface area is 166 Å². The summed E-state index contributed by atoms with van der Waals surface area (Å²) in [4.78, 5) is 5.72. The van der Waals surface area contributed by atoms with Gasteiger partial charge < -0.3 is 14.1 Å². The molecule has 2 aromatic carbocycles. The number of nitrogens with one attached hydrogen (secondary N) is 1. The number of hydrogen-bond donors (Lipinski definition) is 1. The fourth-order valence-electron chi connectivity index (χ4n) is 4.17. The predicted octanol–water partition coefficient (Wildman–Crippen LogP) is 4.06. The normalized spacial score (nSPS) is 16.5. The number of aromatic nitrogens is 1. The van der Waals surface area contributed by atoms with Crippen molar-refractivity contribution in [2.75, 3.05) is 25.4 Å². The van der Waals surface area contributed by atoms with Crippen molar-refractivity contribution >= 4 is 21.0 Å². The van der Waals surface area contributed by atoms with E-state index >= 15 is 0 Å². The molecule has 1 aliphatic heterocycles. The highest BCUT2D eigenvalue weighted by atomic mass is 32.2. The Morgan fingerprint density at radius 2 is 1.71 bits per heavy atom. The first-order valence-electron chi connectivity index (χ1n) is 9.78. The highest BCUT2D eigenvalue weighted by Gasteiger charge is 2.25. The SMILES string of the molecule is Cc1[nH]c2ccccc2c1C1CCN(CCS(=O)(=O)Oc2ccccc2)CC1. The van der Waals surface area contributed by atoms with Gasteiger partial charge in [0.05, 0.1) is 5.75 Å². The lowest BCUT2D eigenvalue weighted by molar-refractivity contribution is 0.222. The second-order valence-electron chi connectivity index (χ2n) is 7.48. The lowest BCUT2D eigenvalue weighted by atomic mass is 9.87. The van der Waals surface area contributed by atoms with Gasteiger partial charge >= 0.3 is 10.1 Å². The Bertz CT molecular complexity index is 1040. The molecule has 0 spiro atoms. The van der Waals surface area contributed by atoms with Gasteiger partial charge in [-0.3, -0.25) is 0 Å². The van der Waals surface area contributed by atoms with Gasteiger partial charge in [-0.2, -0.15) is 8.42 Å². The second-order valence-corrected chi connectivity index (χ2v) is 9.17. The van der Waals surface area contributed by atoms with Crippen molar-refractivity contribution in [2.45, 2.75) is 25.7 Å². The number of H-pyrrole nitrogens is 1. The van der Waals surface area contributed by atoms with Crippen LogP contribution in [0.3, 0.4) is 0 Å². The van der Waals surface area contributed by atoms with Crippen LogP contribution in [-0.2, 0) is 10.1 Å². The van der Waals surface area contributed by atoms with E-state index in [9.17, 15) is 8.42 Å². The van der Waals surface area contributed by atoms with E-state index in [4.69, 9.17) is 4.18 Å². The molecule has 0 bridgehead atoms. The monoisotopic (exact) mass is 398 g/mol. The van der Waals surface area contributed by atoms with Crippen LogP contribution in [0.5, 0.6) is 5.75 Å². The zero-order valence-corrected chi connectivity index (χ0v) is 16.9. The van der Waals surface area contributed by atoms with Crippen LogP contribution in [0.2, 0.25) is 0 Å². The Balaban J connectivity index is 1.34. The van der Waals surface area contributed by atoms with Crippen molar-refractivity contribution < 1.29 is 12.6 Å². The number of piperidine rings is 1. The summed E-state index contributed by atoms with van der Waals surface area (Å²) in [7, 11) is -3.57. The van der Waals surface area contributed by atoms with Crippen LogP contribution in [0.4, 0.5) is 0 Å². The van der Waals surface area contributed by atoms with Crippen LogP contribution < -0.4 is 4.18 Å². The summed E-state index contributed by atoms with van der Waals surface area (Å²) >= 11 is 0. The molecule has 1 fully saturated rings. The van der Waals surface area contributed by atoms with Crippen molar-refractivity contribution in [3.8, 4) is 5.75 Å². The minimum atomic E-state index is -3.57. The first kappa shape index (κ1) is 19.0. The van der Waals surface area contributed by atoms with Gasteiger partial charge in [0.1, 0.15) is 5.75 Å². The molecular weight excluding hydrogens is 372 g/mol. The molecule has 1 N–H and O–H groups in total. The lowest BCUT2D eigenvalue weighted by Crippen LogP contribution is -2.37. The van der Waals surface area contributed by atoms with E-state index in [-0.39, 0.29) is 5.75 Å². The molecule has 1 saturated heterocycles. The average molecular weight is 399 g/mol. The molecule has 3 aromatic rings. The van der Waals surface area contributed by atoms with Crippen molar-refractivity contribution in [3.05, 3.63) is 65.9 Å². The number of likely N-dealkylation sites (tertiary alicyclic amines) is 1. The maximum Gasteiger partial charge on any atom is 0.310 e. The molecule has 6 heteroatoms. The molecule has 1 aliphatic rings. The highest BCUT2D eigenvalue weighted by Crippen LogP contribution is 2.35. The first-order chi connectivity index (χ1) is 13.5. The molecule has 0 aliphatic carbocycles. The zero-order valence-electron chi connectivity index (χ0n) is 16.1. The molecule has 0 radical (unpaired) electrons. The van der Waals surface area contributed by atoms with Gasteiger partial charge in [0.15, 0.2) is 0 Å². The van der Waals surface area contributed by atoms with Crippen LogP contribution in [-0.4, -0.2) is 43.7 Å². The molecule has 4 rings (SSSR count). The van der Waals surface area contributed by atoms with E-state index < -0.39 is 10.1 Å². The number of benzene rings is 2. The lowest BCUT2D eigenvalue weighted by Gasteiger charge is -2.32. The second kappa shape index (κ2) is 7.97. The smallest absolute Gasteiger partial charge is 0.310 e. The number of nitrogens with zero attached hydrogens (tertiary/aromatic N) is 1. The largest absolute Gasteiger partial charge is 0.382 e. The van der Waals surface area contributed by atoms with E-state index in [0.717, 1.165) is 25.9 Å². The first-order valence-corrected chi connectivity index (χ1v) is 11.4. The fourth-order valence-corrected chi connectivity index (χ4v) is 5.14. The Hall–Kier alpha value is -2.31. The highest BCUT2D eigenvalue weighted by molar-refractivity contribution is 7.87. The van der Waals surface area contributed by atoms with Gasteiger partial charge in [-0.05, 0) is 62.5 Å². The van der Waals surface area contributed by atoms with Crippen LogP contribution in [0.15, 0.2) is 54.6 Å². The van der Waals surface area contributed by atoms with Crippen LogP contribution in [0.1, 0.15) is 30.0 Å². The number of para-hydroxylation sites is 2. The van der Waals surface area contributed by atoms with Gasteiger partial charge in [-0.15, -0.1) is 0 Å². The van der Waals surface area contributed by atoms with E-state index in [0.29, 0.717) is 18.2 Å². The third-order valence-electron chi connectivity index (χ3n) is 5.56. The van der Waals surface area contributed by atoms with Gasteiger partial charge in [-0.1, -0.05) is 36.4 Å². The maximum atomic E-state index is 12.2. The molecule has 0 saturated carbocycles. The molecule has 0 amide bonds. The summed E-state index contributed by atoms with van der Waals surface area (Å²) in [6, 6.07) is 17.1. The van der Waals surface area contributed by atoms with Crippen LogP contribution in [0.25, 0.3) is 10.9 Å². The number of fused-ring (bicyclic) bond motifs is 1. The average Bonchev–Trinajstić information content (AvgIpc) is 3.03. The molecule has 148 valence electrons. The van der Waals surface area contributed by atoms with Gasteiger partial charge in [0.2, 0.25) is 0 Å². The van der Waals surface area contributed by atoms with Crippen LogP contribution in [0, 0.1) is 6.92 Å². The topological polar surface area (TPSA) is 62.4 Å². The third kappa shape index (κ3) is 4.23. The van der Waals surface area contributed by atoms with E-state index in [1.54, 1.807) is 24.3 Å². The minimum absolute atomic E-state index is 0.0126. The van der Waals surface area contributed by atoms with Crippen molar-refractivity contribution in [1.82, 2.24) is 9.88 Å². The summed E-state index contributed by atoms with van der Waals surface area (Å²) < 4.78 is 29.6. The molecule has 0 atom stereocenters. The summed E-state index contributed by atoms with van der Waals surface area (Å²) in [5.74, 6) is 0.902. The Kier molecular flexibility index (Phi) is 5.42. The number of aryl methyl sites for hydroxylation is 1. The van der Waals surface area contributed by atoms with Gasteiger partial charge in [-0.25, -0.2) is 0 Å². The van der Waals surface area contributed by atoms with E-state index in [1.807, 2.05) is 6.07 Å². The predicted molar refractivity (Wildman–Crippen MR) is 112 cm³/mol. The Morgan fingerprint density at radius 1 is 1.04 bits per heavy atom. The number of rotatable bonds is 6. The fraction of sp³-hybridized carbons (Fsp3) is 0.364. The Morgan fingerprint density at radius 3 is 2.46 bits per heavy atom. The maximum absolute atomic E-state index is 12.2. The standard InChI is InChI=1S/C22H26N2O3S/c1-17-22(20-9-5-6-10-21(20)23-17)18-11-13-24(14-12-18)15-16-28(25,26)27-19-7-3-2-4-8-19/h2-10,18,23H,11-16H2,1H3. The third-order valence-corrected chi connectivity index (χ3v) is 6.69. The van der Waals surface area contributed by atoms with Crippen molar-refractivity contribution in [3.63, 3.8) is 0 Å². The van der Waals surface area contributed by atoms with E-state index in [2.05, 4.69) is 41.1 Å². The molecule has 1 aromatic heterocycles. The summed E-state index contributed by atoms with van der Waals surface area (Å²) in [5, 5.41) is 1.32. The number of aromatic amines is 1. The van der Waals surface area contributed by atoms with Crippen molar-refractivity contribution in [2.24, 2.45) is 0 Å². The van der Waals surface area contributed by atoms with Gasteiger partial charge in [0, 0.05) is 23.1 Å². The summed E-state index contributed by atoms with van der Waals surface area (Å²) in [6.45, 7) is 4.47. The molecular formula is C22H26N2O3S. The minimum Gasteiger partial charge on any atom is -0.382 e. The quantitative estimate of drug-likeness (QED) is 0.636. The van der Waals surface area contributed by atoms with Crippen molar-refractivity contribution in [1.29, 1.82) is 0 Å². The molecule has 28 heavy (non-hydrogen) atoms. The molecule has 5 nitrogen and oxygen atoms in total. The summed E-state index contributed by atoms with van der Waals surface area (Å²) in [6.07, 6.45) is 2.09. The number of hydrogen-bond acceptors (Lipinski definition) is 4. The molecule has 0 unspecified atom stereocenters. The van der Waals surface area contributed by atoms with E-state index in [1.165, 1.54) is 22.2 Å². The zero-order chi connectivity index (χ0) is 19.6. The van der Waals surface area contributed by atoms with Crippen LogP contribution >= 0.6 is 0 Å². The molecule has 2 heterocycles. The summed E-state index contributed by atoms with van der Waals surface area (Å²) in [5.41, 5.74) is 3.87. The van der Waals surface area contributed by atoms with Gasteiger partial charge in [0.25, 0.3) is 0 Å².